The molecule has 1 saturated carbocycles. The van der Waals surface area contributed by atoms with Crippen molar-refractivity contribution in [2.45, 2.75) is 45.1 Å². The molecule has 2 heterocycles. The molecule has 0 bridgehead atoms. The number of hydrogen-bond donors (Lipinski definition) is 0. The highest BCUT2D eigenvalue weighted by molar-refractivity contribution is 5.83. The summed E-state index contributed by atoms with van der Waals surface area (Å²) in [5, 5.41) is 0. The summed E-state index contributed by atoms with van der Waals surface area (Å²) in [5.74, 6) is 0.501. The van der Waals surface area contributed by atoms with E-state index in [0.29, 0.717) is 5.92 Å². The summed E-state index contributed by atoms with van der Waals surface area (Å²) in [5.41, 5.74) is 8.48. The molecule has 3 aliphatic rings. The van der Waals surface area contributed by atoms with Gasteiger partial charge in [-0.05, 0) is 55.4 Å². The zero-order valence-electron chi connectivity index (χ0n) is 19.4. The first kappa shape index (κ1) is 17.7. The molecule has 2 heteroatoms. The highest BCUT2D eigenvalue weighted by atomic mass is 15.4. The third-order valence-electron chi connectivity index (χ3n) is 7.68. The van der Waals surface area contributed by atoms with E-state index in [2.05, 4.69) is 103 Å². The molecule has 0 N–H and O–H groups in total. The number of fused-ring (bicyclic) bond motifs is 3. The van der Waals surface area contributed by atoms with Crippen LogP contribution in [0.25, 0.3) is 5.70 Å². The lowest BCUT2D eigenvalue weighted by molar-refractivity contribution is 0.148. The van der Waals surface area contributed by atoms with Crippen LogP contribution in [0.5, 0.6) is 0 Å². The minimum Gasteiger partial charge on any atom is -0.337 e. The normalized spacial score (nSPS) is 25.7. The summed E-state index contributed by atoms with van der Waals surface area (Å²) in [4.78, 5) is 4.71. The van der Waals surface area contributed by atoms with Gasteiger partial charge in [0.1, 0.15) is 0 Å². The maximum absolute atomic E-state index is 9.64. The number of hydrogen-bond acceptors (Lipinski definition) is 2. The predicted octanol–water partition coefficient (Wildman–Crippen LogP) is 6.91. The van der Waals surface area contributed by atoms with Gasteiger partial charge in [0.05, 0.1) is 19.3 Å². The third kappa shape index (κ3) is 2.51. The van der Waals surface area contributed by atoms with Crippen LogP contribution in [0.3, 0.4) is 0 Å². The highest BCUT2D eigenvalue weighted by Gasteiger charge is 2.56. The van der Waals surface area contributed by atoms with Gasteiger partial charge in [-0.1, -0.05) is 85.6 Å². The average molecular weight is 408 g/mol. The second-order valence-corrected chi connectivity index (χ2v) is 9.24. The maximum atomic E-state index is 9.64. The zero-order valence-corrected chi connectivity index (χ0v) is 18.4. The van der Waals surface area contributed by atoms with Crippen LogP contribution < -0.4 is 4.90 Å². The van der Waals surface area contributed by atoms with E-state index in [1.54, 1.807) is 0 Å². The number of benzene rings is 3. The van der Waals surface area contributed by atoms with Crippen molar-refractivity contribution in [2.24, 2.45) is 5.92 Å². The Kier molecular flexibility index (Phi) is 4.00. The third-order valence-corrected chi connectivity index (χ3v) is 7.68. The number of allylic oxidation sites excluding steroid dienone is 1. The fourth-order valence-corrected chi connectivity index (χ4v) is 6.35. The van der Waals surface area contributed by atoms with Gasteiger partial charge in [-0.3, -0.25) is 0 Å². The lowest BCUT2D eigenvalue weighted by Gasteiger charge is -2.45. The fourth-order valence-electron chi connectivity index (χ4n) is 6.35. The minimum atomic E-state index is -0.501. The first-order valence-corrected chi connectivity index (χ1v) is 11.6. The van der Waals surface area contributed by atoms with Gasteiger partial charge in [-0.25, -0.2) is 0 Å². The molecular formula is C29H30N2. The molecule has 2 unspecified atom stereocenters. The first-order chi connectivity index (χ1) is 15.7. The molecule has 2 atom stereocenters. The van der Waals surface area contributed by atoms with Crippen LogP contribution in [0.15, 0.2) is 84.6 Å². The second-order valence-electron chi connectivity index (χ2n) is 9.24. The Morgan fingerprint density at radius 1 is 0.839 bits per heavy atom. The molecule has 0 aromatic heterocycles. The molecule has 0 spiro atoms. The van der Waals surface area contributed by atoms with Crippen LogP contribution in [0.4, 0.5) is 5.69 Å². The van der Waals surface area contributed by atoms with Crippen LogP contribution in [-0.4, -0.2) is 11.5 Å². The Morgan fingerprint density at radius 2 is 1.52 bits per heavy atom. The molecule has 0 amide bonds. The molecule has 6 rings (SSSR count). The molecule has 3 aromatic rings. The maximum Gasteiger partial charge on any atom is 0.0962 e. The molecule has 3 aromatic carbocycles. The number of para-hydroxylation sites is 1. The Hall–Kier alpha value is -3.00. The summed E-state index contributed by atoms with van der Waals surface area (Å²) in [6.45, 7) is 3.86. The van der Waals surface area contributed by atoms with E-state index in [1.165, 1.54) is 59.3 Å². The van der Waals surface area contributed by atoms with Crippen LogP contribution in [0.2, 0.25) is 0 Å². The van der Waals surface area contributed by atoms with Crippen molar-refractivity contribution in [3.8, 4) is 0 Å². The van der Waals surface area contributed by atoms with Crippen molar-refractivity contribution < 1.29 is 1.37 Å². The summed E-state index contributed by atoms with van der Waals surface area (Å²) in [6.07, 6.45) is 4.97. The summed E-state index contributed by atoms with van der Waals surface area (Å²) < 4.78 is 9.64. The minimum absolute atomic E-state index is 0.297. The number of nitrogens with zero attached hydrogens (tertiary/aromatic N) is 2. The molecule has 2 aliphatic heterocycles. The Morgan fingerprint density at radius 3 is 2.29 bits per heavy atom. The summed E-state index contributed by atoms with van der Waals surface area (Å²) >= 11 is 0. The number of aryl methyl sites for hydroxylation is 1. The standard InChI is InChI=1S/C29H30N2/c1-21-12-6-11-19-27(21)30-20-31-28(22(30)2)25-17-9-10-18-26(25)29(31,24-15-7-8-16-24)23-13-4-3-5-14-23/h3-6,9-14,17-19,24H,7-8,15-16,20H2,1-2H3/i20D. The van der Waals surface area contributed by atoms with E-state index in [9.17, 15) is 1.37 Å². The van der Waals surface area contributed by atoms with Gasteiger partial charge in [0, 0.05) is 16.9 Å². The van der Waals surface area contributed by atoms with Gasteiger partial charge in [-0.2, -0.15) is 0 Å². The summed E-state index contributed by atoms with van der Waals surface area (Å²) in [6, 6.07) is 28.4. The molecule has 0 saturated heterocycles. The van der Waals surface area contributed by atoms with Gasteiger partial charge < -0.3 is 9.80 Å². The van der Waals surface area contributed by atoms with Crippen molar-refractivity contribution in [3.63, 3.8) is 0 Å². The van der Waals surface area contributed by atoms with Crippen LogP contribution in [0, 0.1) is 12.8 Å². The number of rotatable bonds is 3. The van der Waals surface area contributed by atoms with Gasteiger partial charge in [0.15, 0.2) is 0 Å². The topological polar surface area (TPSA) is 6.48 Å². The van der Waals surface area contributed by atoms with Crippen LogP contribution in [0.1, 0.15) is 56.2 Å². The first-order valence-electron chi connectivity index (χ1n) is 12.2. The van der Waals surface area contributed by atoms with Gasteiger partial charge >= 0.3 is 0 Å². The predicted molar refractivity (Wildman–Crippen MR) is 129 cm³/mol. The lowest BCUT2D eigenvalue weighted by atomic mass is 9.72. The van der Waals surface area contributed by atoms with Crippen molar-refractivity contribution >= 4 is 11.4 Å². The summed E-state index contributed by atoms with van der Waals surface area (Å²) in [7, 11) is 0. The van der Waals surface area contributed by atoms with Crippen molar-refractivity contribution in [3.05, 3.63) is 107 Å². The zero-order chi connectivity index (χ0) is 21.9. The van der Waals surface area contributed by atoms with E-state index >= 15 is 0 Å². The van der Waals surface area contributed by atoms with Crippen molar-refractivity contribution in [2.75, 3.05) is 11.5 Å². The van der Waals surface area contributed by atoms with E-state index in [-0.39, 0.29) is 5.54 Å². The van der Waals surface area contributed by atoms with Crippen LogP contribution in [-0.2, 0) is 5.54 Å². The molecule has 156 valence electrons. The molecule has 1 fully saturated rings. The fraction of sp³-hybridized carbons (Fsp3) is 0.310. The van der Waals surface area contributed by atoms with E-state index < -0.39 is 6.64 Å². The van der Waals surface area contributed by atoms with Crippen molar-refractivity contribution in [1.29, 1.82) is 0 Å². The molecule has 31 heavy (non-hydrogen) atoms. The van der Waals surface area contributed by atoms with E-state index in [0.717, 1.165) is 5.69 Å². The molecule has 1 aliphatic carbocycles. The Balaban J connectivity index is 1.65. The monoisotopic (exact) mass is 407 g/mol. The average Bonchev–Trinajstić information content (AvgIpc) is 3.51. The van der Waals surface area contributed by atoms with Crippen LogP contribution >= 0.6 is 0 Å². The highest BCUT2D eigenvalue weighted by Crippen LogP contribution is 2.60. The second kappa shape index (κ2) is 7.02. The Bertz CT molecular complexity index is 1190. The van der Waals surface area contributed by atoms with Gasteiger partial charge in [-0.15, -0.1) is 0 Å². The van der Waals surface area contributed by atoms with Gasteiger partial charge in [0.2, 0.25) is 0 Å². The molecule has 0 radical (unpaired) electrons. The number of anilines is 1. The largest absolute Gasteiger partial charge is 0.337 e. The van der Waals surface area contributed by atoms with E-state index in [1.807, 2.05) is 0 Å². The lowest BCUT2D eigenvalue weighted by Crippen LogP contribution is -2.48. The Labute approximate surface area is 187 Å². The van der Waals surface area contributed by atoms with Crippen molar-refractivity contribution in [1.82, 2.24) is 4.90 Å². The van der Waals surface area contributed by atoms with Gasteiger partial charge in [0.25, 0.3) is 0 Å². The quantitative estimate of drug-likeness (QED) is 0.465. The molecular weight excluding hydrogens is 376 g/mol. The molecule has 2 nitrogen and oxygen atoms in total. The SMILES string of the molecule is [2H]C1N(c2ccccc2C)C(C)=C2c3ccccc3C(c3ccccc3)(C3CCCC3)N21. The smallest absolute Gasteiger partial charge is 0.0962 e. The van der Waals surface area contributed by atoms with E-state index in [4.69, 9.17) is 0 Å².